The second-order valence-electron chi connectivity index (χ2n) is 7.75. The molecule has 2 aliphatic rings. The van der Waals surface area contributed by atoms with Crippen LogP contribution < -0.4 is 4.90 Å². The van der Waals surface area contributed by atoms with Gasteiger partial charge in [0.15, 0.2) is 5.65 Å². The molecule has 27 heavy (non-hydrogen) atoms. The van der Waals surface area contributed by atoms with E-state index in [4.69, 9.17) is 4.98 Å². The van der Waals surface area contributed by atoms with Crippen LogP contribution >= 0.6 is 0 Å². The number of aliphatic hydroxyl groups is 2. The summed E-state index contributed by atoms with van der Waals surface area (Å²) in [6.45, 7) is 1.16. The number of piperidine rings is 1. The van der Waals surface area contributed by atoms with Crippen LogP contribution in [-0.4, -0.2) is 44.9 Å². The number of nitrogens with zero attached hydrogens (tertiary/aromatic N) is 4. The van der Waals surface area contributed by atoms with Crippen molar-refractivity contribution in [2.45, 2.75) is 37.7 Å². The van der Waals surface area contributed by atoms with Gasteiger partial charge in [-0.05, 0) is 55.4 Å². The van der Waals surface area contributed by atoms with Crippen molar-refractivity contribution < 1.29 is 10.2 Å². The molecule has 1 fully saturated rings. The van der Waals surface area contributed by atoms with E-state index in [-0.39, 0.29) is 6.61 Å². The first-order valence-corrected chi connectivity index (χ1v) is 9.58. The Morgan fingerprint density at radius 2 is 1.89 bits per heavy atom. The number of aromatic nitrogens is 2. The zero-order valence-electron chi connectivity index (χ0n) is 15.1. The van der Waals surface area contributed by atoms with Crippen LogP contribution in [0.15, 0.2) is 24.3 Å². The number of hydrogen-bond acceptors (Lipinski definition) is 5. The SMILES string of the molecule is N#Cc1c2c(c(N3CCC(O)(CO)CC3)n3c1nc1ccccc13)CCC2. The topological polar surface area (TPSA) is 84.8 Å². The fourth-order valence-corrected chi connectivity index (χ4v) is 4.69. The van der Waals surface area contributed by atoms with Gasteiger partial charge in [0.1, 0.15) is 11.9 Å². The standard InChI is InChI=1S/C21H22N4O2/c22-12-16-14-4-3-5-15(14)20(24-10-8-21(27,13-26)9-11-24)25-18-7-2-1-6-17(18)23-19(16)25/h1-2,6-7,26-27H,3-5,8-11,13H2. The Labute approximate surface area is 157 Å². The molecule has 0 saturated carbocycles. The molecular weight excluding hydrogens is 340 g/mol. The van der Waals surface area contributed by atoms with Gasteiger partial charge in [-0.15, -0.1) is 0 Å². The molecule has 1 aliphatic carbocycles. The fraction of sp³-hybridized carbons (Fsp3) is 0.429. The molecular formula is C21H22N4O2. The second-order valence-corrected chi connectivity index (χ2v) is 7.75. The zero-order valence-corrected chi connectivity index (χ0v) is 15.1. The highest BCUT2D eigenvalue weighted by molar-refractivity contribution is 5.86. The summed E-state index contributed by atoms with van der Waals surface area (Å²) in [5, 5.41) is 29.8. The van der Waals surface area contributed by atoms with Crippen molar-refractivity contribution in [2.24, 2.45) is 0 Å². The Morgan fingerprint density at radius 3 is 2.63 bits per heavy atom. The van der Waals surface area contributed by atoms with Crippen molar-refractivity contribution in [1.82, 2.24) is 9.38 Å². The van der Waals surface area contributed by atoms with E-state index in [1.165, 1.54) is 5.56 Å². The Hall–Kier alpha value is -2.62. The largest absolute Gasteiger partial charge is 0.393 e. The van der Waals surface area contributed by atoms with Crippen LogP contribution in [-0.2, 0) is 12.8 Å². The van der Waals surface area contributed by atoms with Gasteiger partial charge in [-0.1, -0.05) is 12.1 Å². The van der Waals surface area contributed by atoms with Gasteiger partial charge in [-0.25, -0.2) is 4.98 Å². The van der Waals surface area contributed by atoms with Crippen LogP contribution in [0.4, 0.5) is 5.82 Å². The van der Waals surface area contributed by atoms with Crippen LogP contribution in [0.3, 0.4) is 0 Å². The monoisotopic (exact) mass is 362 g/mol. The van der Waals surface area contributed by atoms with Crippen molar-refractivity contribution in [1.29, 1.82) is 5.26 Å². The molecule has 0 amide bonds. The summed E-state index contributed by atoms with van der Waals surface area (Å²) in [7, 11) is 0. The Bertz CT molecular complexity index is 1090. The molecule has 1 aromatic carbocycles. The van der Waals surface area contributed by atoms with E-state index in [9.17, 15) is 15.5 Å². The molecule has 6 nitrogen and oxygen atoms in total. The lowest BCUT2D eigenvalue weighted by molar-refractivity contribution is -0.0326. The van der Waals surface area contributed by atoms with E-state index in [0.29, 0.717) is 31.5 Å². The third-order valence-corrected chi connectivity index (χ3v) is 6.19. The number of benzene rings is 1. The summed E-state index contributed by atoms with van der Waals surface area (Å²) in [4.78, 5) is 7.09. The van der Waals surface area contributed by atoms with E-state index in [0.717, 1.165) is 47.3 Å². The van der Waals surface area contributed by atoms with Crippen LogP contribution in [0.25, 0.3) is 16.7 Å². The molecule has 2 N–H and O–H groups in total. The van der Waals surface area contributed by atoms with Crippen molar-refractivity contribution in [3.63, 3.8) is 0 Å². The highest BCUT2D eigenvalue weighted by atomic mass is 16.3. The maximum absolute atomic E-state index is 10.4. The third kappa shape index (κ3) is 2.35. The first-order valence-electron chi connectivity index (χ1n) is 9.58. The number of aliphatic hydroxyl groups excluding tert-OH is 1. The molecule has 5 rings (SSSR count). The molecule has 0 atom stereocenters. The van der Waals surface area contributed by atoms with Gasteiger partial charge in [0.05, 0.1) is 28.8 Å². The Kier molecular flexibility index (Phi) is 3.64. The molecule has 6 heteroatoms. The summed E-state index contributed by atoms with van der Waals surface area (Å²) >= 11 is 0. The molecule has 0 spiro atoms. The van der Waals surface area contributed by atoms with E-state index >= 15 is 0 Å². The maximum atomic E-state index is 10.4. The second kappa shape index (κ2) is 5.95. The fourth-order valence-electron chi connectivity index (χ4n) is 4.69. The first kappa shape index (κ1) is 16.5. The molecule has 3 aromatic rings. The molecule has 0 radical (unpaired) electrons. The summed E-state index contributed by atoms with van der Waals surface area (Å²) in [6, 6.07) is 10.4. The lowest BCUT2D eigenvalue weighted by Crippen LogP contribution is -2.47. The smallest absolute Gasteiger partial charge is 0.157 e. The Balaban J connectivity index is 1.78. The van der Waals surface area contributed by atoms with E-state index in [1.807, 2.05) is 18.2 Å². The van der Waals surface area contributed by atoms with Gasteiger partial charge in [-0.3, -0.25) is 4.40 Å². The average molecular weight is 362 g/mol. The van der Waals surface area contributed by atoms with Gasteiger partial charge in [0.25, 0.3) is 0 Å². The molecule has 1 saturated heterocycles. The van der Waals surface area contributed by atoms with Gasteiger partial charge in [0.2, 0.25) is 0 Å². The number of imidazole rings is 1. The molecule has 1 aliphatic heterocycles. The number of hydrogen-bond donors (Lipinski definition) is 2. The molecule has 2 aromatic heterocycles. The molecule has 3 heterocycles. The van der Waals surface area contributed by atoms with Crippen LogP contribution in [0.1, 0.15) is 36.0 Å². The van der Waals surface area contributed by atoms with Crippen molar-refractivity contribution >= 4 is 22.5 Å². The van der Waals surface area contributed by atoms with Crippen molar-refractivity contribution in [3.8, 4) is 6.07 Å². The number of anilines is 1. The quantitative estimate of drug-likeness (QED) is 0.730. The van der Waals surface area contributed by atoms with Gasteiger partial charge >= 0.3 is 0 Å². The summed E-state index contributed by atoms with van der Waals surface area (Å²) in [5.74, 6) is 1.12. The summed E-state index contributed by atoms with van der Waals surface area (Å²) < 4.78 is 2.14. The van der Waals surface area contributed by atoms with Crippen LogP contribution in [0, 0.1) is 11.3 Å². The normalized spacial score (nSPS) is 18.8. The molecule has 138 valence electrons. The van der Waals surface area contributed by atoms with E-state index < -0.39 is 5.60 Å². The molecule has 0 unspecified atom stereocenters. The average Bonchev–Trinajstić information content (AvgIpc) is 3.32. The predicted molar refractivity (Wildman–Crippen MR) is 103 cm³/mol. The zero-order chi connectivity index (χ0) is 18.6. The molecule has 0 bridgehead atoms. The first-order chi connectivity index (χ1) is 13.1. The minimum atomic E-state index is -0.984. The van der Waals surface area contributed by atoms with E-state index in [2.05, 4.69) is 21.4 Å². The number of rotatable bonds is 2. The van der Waals surface area contributed by atoms with Crippen LogP contribution in [0.5, 0.6) is 0 Å². The lowest BCUT2D eigenvalue weighted by Gasteiger charge is -2.39. The Morgan fingerprint density at radius 1 is 1.15 bits per heavy atom. The number of pyridine rings is 1. The number of para-hydroxylation sites is 2. The van der Waals surface area contributed by atoms with E-state index in [1.54, 1.807) is 0 Å². The number of nitriles is 1. The third-order valence-electron chi connectivity index (χ3n) is 6.19. The highest BCUT2D eigenvalue weighted by Crippen LogP contribution is 2.39. The minimum absolute atomic E-state index is 0.199. The maximum Gasteiger partial charge on any atom is 0.157 e. The minimum Gasteiger partial charge on any atom is -0.393 e. The summed E-state index contributed by atoms with van der Waals surface area (Å²) in [5.41, 5.74) is 4.74. The van der Waals surface area contributed by atoms with Gasteiger partial charge in [-0.2, -0.15) is 5.26 Å². The van der Waals surface area contributed by atoms with Gasteiger partial charge < -0.3 is 15.1 Å². The summed E-state index contributed by atoms with van der Waals surface area (Å²) in [6.07, 6.45) is 4.00. The number of fused-ring (bicyclic) bond motifs is 4. The highest BCUT2D eigenvalue weighted by Gasteiger charge is 2.35. The predicted octanol–water partition coefficient (Wildman–Crippen LogP) is 2.17. The van der Waals surface area contributed by atoms with Crippen molar-refractivity contribution in [2.75, 3.05) is 24.6 Å². The van der Waals surface area contributed by atoms with Crippen LogP contribution in [0.2, 0.25) is 0 Å². The van der Waals surface area contributed by atoms with Gasteiger partial charge in [0, 0.05) is 13.1 Å². The van der Waals surface area contributed by atoms with Crippen molar-refractivity contribution in [3.05, 3.63) is 41.0 Å². The lowest BCUT2D eigenvalue weighted by atomic mass is 9.92.